The largest absolute Gasteiger partial charge is 0.467 e. The minimum Gasteiger partial charge on any atom is -0.467 e. The van der Waals surface area contributed by atoms with Gasteiger partial charge in [-0.25, -0.2) is 4.79 Å². The Morgan fingerprint density at radius 1 is 1.44 bits per heavy atom. The van der Waals surface area contributed by atoms with Gasteiger partial charge in [-0.05, 0) is 38.8 Å². The van der Waals surface area contributed by atoms with E-state index in [0.717, 1.165) is 12.8 Å². The molecule has 0 aromatic heterocycles. The molecule has 0 aromatic carbocycles. The van der Waals surface area contributed by atoms with Crippen molar-refractivity contribution in [1.82, 2.24) is 5.32 Å². The smallest absolute Gasteiger partial charge is 0.328 e. The number of allylic oxidation sites excluding steroid dienone is 1. The fourth-order valence-corrected chi connectivity index (χ4v) is 1.26. The number of carbonyl (C=O) groups is 2. The molecule has 0 aliphatic heterocycles. The van der Waals surface area contributed by atoms with Crippen LogP contribution >= 0.6 is 0 Å². The highest BCUT2D eigenvalue weighted by Gasteiger charge is 2.19. The van der Waals surface area contributed by atoms with Gasteiger partial charge in [-0.3, -0.25) is 4.79 Å². The number of nitrogens with one attached hydrogen (secondary N) is 1. The van der Waals surface area contributed by atoms with E-state index in [0.29, 0.717) is 13.0 Å². The molecule has 1 atom stereocenters. The van der Waals surface area contributed by atoms with E-state index in [1.807, 2.05) is 0 Å². The van der Waals surface area contributed by atoms with Gasteiger partial charge in [-0.1, -0.05) is 6.08 Å². The number of rotatable bonds is 7. The summed E-state index contributed by atoms with van der Waals surface area (Å²) in [5.41, 5.74) is 5.36. The molecule has 0 aliphatic carbocycles. The summed E-state index contributed by atoms with van der Waals surface area (Å²) in [6.07, 6.45) is 5.15. The van der Waals surface area contributed by atoms with Crippen LogP contribution in [0, 0.1) is 0 Å². The SMILES string of the molecule is CC=CC(=O)N[C@@H](CCCCN)C(=O)OC. The molecule has 0 bridgehead atoms. The Bertz CT molecular complexity index is 252. The molecular formula is C11H20N2O3. The Hall–Kier alpha value is -1.36. The lowest BCUT2D eigenvalue weighted by atomic mass is 10.1. The first-order chi connectivity index (χ1) is 7.65. The average molecular weight is 228 g/mol. The summed E-state index contributed by atoms with van der Waals surface area (Å²) in [5, 5.41) is 2.59. The molecule has 0 aliphatic rings. The third-order valence-corrected chi connectivity index (χ3v) is 2.07. The molecule has 5 heteroatoms. The van der Waals surface area contributed by atoms with E-state index >= 15 is 0 Å². The summed E-state index contributed by atoms with van der Waals surface area (Å²) in [4.78, 5) is 22.6. The van der Waals surface area contributed by atoms with Crippen LogP contribution in [-0.4, -0.2) is 31.6 Å². The Kier molecular flexibility index (Phi) is 8.15. The molecule has 0 saturated heterocycles. The van der Waals surface area contributed by atoms with Crippen LogP contribution in [0.25, 0.3) is 0 Å². The maximum atomic E-state index is 11.4. The molecule has 1 amide bonds. The molecular weight excluding hydrogens is 208 g/mol. The van der Waals surface area contributed by atoms with Gasteiger partial charge in [0.05, 0.1) is 7.11 Å². The topological polar surface area (TPSA) is 81.4 Å². The van der Waals surface area contributed by atoms with Crippen LogP contribution in [0.1, 0.15) is 26.2 Å². The molecule has 0 aromatic rings. The highest BCUT2D eigenvalue weighted by molar-refractivity contribution is 5.91. The standard InChI is InChI=1S/C11H20N2O3/c1-3-6-10(14)13-9(11(15)16-2)7-4-5-8-12/h3,6,9H,4-5,7-8,12H2,1-2H3,(H,13,14)/t9-/m0/s1. The molecule has 0 fully saturated rings. The minimum absolute atomic E-state index is 0.286. The normalized spacial score (nSPS) is 12.4. The third kappa shape index (κ3) is 6.19. The summed E-state index contributed by atoms with van der Waals surface area (Å²) in [6.45, 7) is 2.32. The van der Waals surface area contributed by atoms with Crippen molar-refractivity contribution in [3.8, 4) is 0 Å². The van der Waals surface area contributed by atoms with Gasteiger partial charge in [0.1, 0.15) is 6.04 Å². The number of methoxy groups -OCH3 is 1. The van der Waals surface area contributed by atoms with Crippen molar-refractivity contribution in [3.05, 3.63) is 12.2 Å². The quantitative estimate of drug-likeness (QED) is 0.374. The monoisotopic (exact) mass is 228 g/mol. The molecule has 0 spiro atoms. The first-order valence-electron chi connectivity index (χ1n) is 5.36. The second kappa shape index (κ2) is 8.91. The van der Waals surface area contributed by atoms with Crippen molar-refractivity contribution >= 4 is 11.9 Å². The van der Waals surface area contributed by atoms with E-state index in [-0.39, 0.29) is 5.91 Å². The number of hydrogen-bond donors (Lipinski definition) is 2. The van der Waals surface area contributed by atoms with Crippen molar-refractivity contribution < 1.29 is 14.3 Å². The molecule has 16 heavy (non-hydrogen) atoms. The van der Waals surface area contributed by atoms with Crippen molar-refractivity contribution in [2.75, 3.05) is 13.7 Å². The van der Waals surface area contributed by atoms with Crippen LogP contribution in [-0.2, 0) is 14.3 Å². The van der Waals surface area contributed by atoms with Crippen LogP contribution in [0.2, 0.25) is 0 Å². The van der Waals surface area contributed by atoms with Gasteiger partial charge in [0.25, 0.3) is 0 Å². The zero-order chi connectivity index (χ0) is 12.4. The maximum Gasteiger partial charge on any atom is 0.328 e. The van der Waals surface area contributed by atoms with Crippen LogP contribution in [0.15, 0.2) is 12.2 Å². The number of carbonyl (C=O) groups excluding carboxylic acids is 2. The first-order valence-corrected chi connectivity index (χ1v) is 5.36. The van der Waals surface area contributed by atoms with Crippen molar-refractivity contribution in [1.29, 1.82) is 0 Å². The third-order valence-electron chi connectivity index (χ3n) is 2.07. The molecule has 0 saturated carbocycles. The minimum atomic E-state index is -0.583. The summed E-state index contributed by atoms with van der Waals surface area (Å²) < 4.78 is 4.61. The second-order valence-corrected chi connectivity index (χ2v) is 3.37. The predicted octanol–water partition coefficient (Wildman–Crippen LogP) is 0.349. The molecule has 0 unspecified atom stereocenters. The molecule has 0 heterocycles. The first kappa shape index (κ1) is 14.6. The van der Waals surface area contributed by atoms with Gasteiger partial charge in [-0.15, -0.1) is 0 Å². The maximum absolute atomic E-state index is 11.4. The Morgan fingerprint density at radius 3 is 2.62 bits per heavy atom. The second-order valence-electron chi connectivity index (χ2n) is 3.37. The lowest BCUT2D eigenvalue weighted by molar-refractivity contribution is -0.144. The highest BCUT2D eigenvalue weighted by atomic mass is 16.5. The zero-order valence-electron chi connectivity index (χ0n) is 9.86. The fourth-order valence-electron chi connectivity index (χ4n) is 1.26. The predicted molar refractivity (Wildman–Crippen MR) is 61.7 cm³/mol. The molecule has 0 rings (SSSR count). The van der Waals surface area contributed by atoms with E-state index in [2.05, 4.69) is 10.1 Å². The van der Waals surface area contributed by atoms with E-state index in [1.54, 1.807) is 13.0 Å². The summed E-state index contributed by atoms with van der Waals surface area (Å²) in [6, 6.07) is -0.583. The Labute approximate surface area is 96.0 Å². The number of esters is 1. The van der Waals surface area contributed by atoms with E-state index in [1.165, 1.54) is 13.2 Å². The van der Waals surface area contributed by atoms with Crippen molar-refractivity contribution in [2.24, 2.45) is 5.73 Å². The van der Waals surface area contributed by atoms with Gasteiger partial charge in [0, 0.05) is 0 Å². The average Bonchev–Trinajstić information content (AvgIpc) is 2.27. The van der Waals surface area contributed by atoms with Crippen LogP contribution in [0.3, 0.4) is 0 Å². The van der Waals surface area contributed by atoms with Crippen molar-refractivity contribution in [2.45, 2.75) is 32.2 Å². The van der Waals surface area contributed by atoms with E-state index in [4.69, 9.17) is 5.73 Å². The summed E-state index contributed by atoms with van der Waals surface area (Å²) >= 11 is 0. The fraction of sp³-hybridized carbons (Fsp3) is 0.636. The van der Waals surface area contributed by atoms with E-state index in [9.17, 15) is 9.59 Å². The van der Waals surface area contributed by atoms with Crippen LogP contribution in [0.5, 0.6) is 0 Å². The van der Waals surface area contributed by atoms with Gasteiger partial charge in [0.2, 0.25) is 5.91 Å². The Morgan fingerprint density at radius 2 is 2.12 bits per heavy atom. The summed E-state index contributed by atoms with van der Waals surface area (Å²) in [7, 11) is 1.31. The molecule has 3 N–H and O–H groups in total. The van der Waals surface area contributed by atoms with Gasteiger partial charge < -0.3 is 15.8 Å². The number of nitrogens with two attached hydrogens (primary N) is 1. The molecule has 5 nitrogen and oxygen atoms in total. The van der Waals surface area contributed by atoms with Gasteiger partial charge >= 0.3 is 5.97 Å². The van der Waals surface area contributed by atoms with Crippen LogP contribution < -0.4 is 11.1 Å². The number of ether oxygens (including phenoxy) is 1. The number of unbranched alkanes of at least 4 members (excludes halogenated alkanes) is 1. The Balaban J connectivity index is 4.20. The van der Waals surface area contributed by atoms with Crippen molar-refractivity contribution in [3.63, 3.8) is 0 Å². The number of amides is 1. The van der Waals surface area contributed by atoms with Gasteiger partial charge in [0.15, 0.2) is 0 Å². The molecule has 0 radical (unpaired) electrons. The number of hydrogen-bond acceptors (Lipinski definition) is 4. The van der Waals surface area contributed by atoms with Crippen LogP contribution in [0.4, 0.5) is 0 Å². The molecule has 92 valence electrons. The summed E-state index contributed by atoms with van der Waals surface area (Å²) in [5.74, 6) is -0.708. The lowest BCUT2D eigenvalue weighted by Gasteiger charge is -2.14. The lowest BCUT2D eigenvalue weighted by Crippen LogP contribution is -2.40. The van der Waals surface area contributed by atoms with Gasteiger partial charge in [-0.2, -0.15) is 0 Å². The zero-order valence-corrected chi connectivity index (χ0v) is 9.86. The van der Waals surface area contributed by atoms with E-state index < -0.39 is 12.0 Å². The highest BCUT2D eigenvalue weighted by Crippen LogP contribution is 2.02.